The van der Waals surface area contributed by atoms with Crippen LogP contribution in [0.2, 0.25) is 0 Å². The van der Waals surface area contributed by atoms with Crippen LogP contribution >= 0.6 is 0 Å². The molecule has 1 fully saturated rings. The molecule has 2 atom stereocenters. The Bertz CT molecular complexity index is 569. The second kappa shape index (κ2) is 5.85. The van der Waals surface area contributed by atoms with Crippen molar-refractivity contribution in [3.63, 3.8) is 0 Å². The van der Waals surface area contributed by atoms with Crippen molar-refractivity contribution in [2.24, 2.45) is 5.41 Å². The van der Waals surface area contributed by atoms with Gasteiger partial charge in [-0.05, 0) is 37.5 Å². The topological polar surface area (TPSA) is 75.6 Å². The van der Waals surface area contributed by atoms with Crippen LogP contribution in [-0.2, 0) is 20.7 Å². The van der Waals surface area contributed by atoms with Crippen LogP contribution in [-0.4, -0.2) is 36.2 Å². The first-order valence-corrected chi connectivity index (χ1v) is 6.99. The van der Waals surface area contributed by atoms with Crippen molar-refractivity contribution in [3.05, 3.63) is 34.9 Å². The molecule has 0 aliphatic carbocycles. The largest absolute Gasteiger partial charge is 0.481 e. The first kappa shape index (κ1) is 15.5. The van der Waals surface area contributed by atoms with Gasteiger partial charge >= 0.3 is 5.97 Å². The van der Waals surface area contributed by atoms with Crippen LogP contribution in [0.1, 0.15) is 23.6 Å². The number of benzene rings is 1. The van der Waals surface area contributed by atoms with Gasteiger partial charge in [-0.3, -0.25) is 9.59 Å². The van der Waals surface area contributed by atoms with Gasteiger partial charge in [0.15, 0.2) is 0 Å². The maximum atomic E-state index is 12.1. The van der Waals surface area contributed by atoms with Gasteiger partial charge in [-0.25, -0.2) is 0 Å². The zero-order valence-corrected chi connectivity index (χ0v) is 12.6. The van der Waals surface area contributed by atoms with Gasteiger partial charge in [0.1, 0.15) is 5.41 Å². The van der Waals surface area contributed by atoms with Gasteiger partial charge in [-0.15, -0.1) is 0 Å². The van der Waals surface area contributed by atoms with Crippen LogP contribution in [0.5, 0.6) is 0 Å². The molecule has 1 amide bonds. The van der Waals surface area contributed by atoms with Gasteiger partial charge in [-0.2, -0.15) is 0 Å². The summed E-state index contributed by atoms with van der Waals surface area (Å²) in [4.78, 5) is 23.4. The molecule has 0 saturated carbocycles. The Balaban J connectivity index is 2.01. The smallest absolute Gasteiger partial charge is 0.313 e. The average molecular weight is 291 g/mol. The molecular formula is C16H21NO4. The Morgan fingerprint density at radius 2 is 2.10 bits per heavy atom. The lowest BCUT2D eigenvalue weighted by Crippen LogP contribution is -2.50. The number of carbonyl (C=O) groups excluding carboxylic acids is 1. The van der Waals surface area contributed by atoms with Gasteiger partial charge in [0, 0.05) is 0 Å². The molecule has 1 heterocycles. The minimum Gasteiger partial charge on any atom is -0.481 e. The standard InChI is InChI=1S/C16H21NO4/c1-10-4-5-12(6-11(10)2)7-14(18)17-13-8-21-9-16(13,3)15(19)20/h4-6,13H,7-9H2,1-3H3,(H,17,18)(H,19,20). The van der Waals surface area contributed by atoms with E-state index in [1.54, 1.807) is 6.92 Å². The minimum absolute atomic E-state index is 0.122. The Labute approximate surface area is 124 Å². The first-order chi connectivity index (χ1) is 9.83. The number of nitrogens with one attached hydrogen (secondary N) is 1. The predicted molar refractivity (Wildman–Crippen MR) is 78.1 cm³/mol. The van der Waals surface area contributed by atoms with Crippen LogP contribution in [0, 0.1) is 19.3 Å². The van der Waals surface area contributed by atoms with Crippen molar-refractivity contribution in [3.8, 4) is 0 Å². The summed E-state index contributed by atoms with van der Waals surface area (Å²) in [6.45, 7) is 5.98. The molecule has 5 heteroatoms. The second-order valence-corrected chi connectivity index (χ2v) is 5.95. The first-order valence-electron chi connectivity index (χ1n) is 6.99. The molecule has 0 radical (unpaired) electrons. The van der Waals surface area contributed by atoms with E-state index in [-0.39, 0.29) is 25.5 Å². The summed E-state index contributed by atoms with van der Waals surface area (Å²) < 4.78 is 5.22. The molecular weight excluding hydrogens is 270 g/mol. The maximum Gasteiger partial charge on any atom is 0.313 e. The average Bonchev–Trinajstić information content (AvgIpc) is 2.77. The van der Waals surface area contributed by atoms with E-state index in [0.29, 0.717) is 0 Å². The van der Waals surface area contributed by atoms with Crippen molar-refractivity contribution in [2.45, 2.75) is 33.2 Å². The summed E-state index contributed by atoms with van der Waals surface area (Å²) in [5.74, 6) is -1.13. The molecule has 0 spiro atoms. The molecule has 21 heavy (non-hydrogen) atoms. The summed E-state index contributed by atoms with van der Waals surface area (Å²) in [5.41, 5.74) is 2.19. The van der Waals surface area contributed by atoms with Crippen LogP contribution in [0.3, 0.4) is 0 Å². The van der Waals surface area contributed by atoms with Gasteiger partial charge in [0.2, 0.25) is 5.91 Å². The third kappa shape index (κ3) is 3.24. The van der Waals surface area contributed by atoms with Gasteiger partial charge in [0.25, 0.3) is 0 Å². The maximum absolute atomic E-state index is 12.1. The molecule has 1 aliphatic rings. The Morgan fingerprint density at radius 1 is 1.38 bits per heavy atom. The molecule has 1 aromatic carbocycles. The number of aliphatic carboxylic acids is 1. The third-order valence-electron chi connectivity index (χ3n) is 4.22. The molecule has 2 N–H and O–H groups in total. The highest BCUT2D eigenvalue weighted by atomic mass is 16.5. The summed E-state index contributed by atoms with van der Waals surface area (Å²) in [7, 11) is 0. The van der Waals surface area contributed by atoms with E-state index >= 15 is 0 Å². The monoisotopic (exact) mass is 291 g/mol. The summed E-state index contributed by atoms with van der Waals surface area (Å²) in [5, 5.41) is 12.1. The number of hydrogen-bond donors (Lipinski definition) is 2. The number of carboxylic acids is 1. The normalized spacial score (nSPS) is 24.8. The number of aryl methyl sites for hydroxylation is 2. The number of rotatable bonds is 4. The minimum atomic E-state index is -1.06. The fourth-order valence-electron chi connectivity index (χ4n) is 2.43. The van der Waals surface area contributed by atoms with Crippen LogP contribution < -0.4 is 5.32 Å². The second-order valence-electron chi connectivity index (χ2n) is 5.95. The van der Waals surface area contributed by atoms with E-state index in [0.717, 1.165) is 11.1 Å². The Kier molecular flexibility index (Phi) is 4.32. The zero-order chi connectivity index (χ0) is 15.6. The molecule has 1 aliphatic heterocycles. The summed E-state index contributed by atoms with van der Waals surface area (Å²) >= 11 is 0. The fraction of sp³-hybridized carbons (Fsp3) is 0.500. The third-order valence-corrected chi connectivity index (χ3v) is 4.22. The molecule has 1 aromatic rings. The van der Waals surface area contributed by atoms with E-state index in [1.807, 2.05) is 32.0 Å². The zero-order valence-electron chi connectivity index (χ0n) is 12.6. The molecule has 5 nitrogen and oxygen atoms in total. The molecule has 1 saturated heterocycles. The SMILES string of the molecule is Cc1ccc(CC(=O)NC2COCC2(C)C(=O)O)cc1C. The number of amides is 1. The molecule has 2 rings (SSSR count). The van der Waals surface area contributed by atoms with E-state index < -0.39 is 17.4 Å². The Morgan fingerprint density at radius 3 is 2.71 bits per heavy atom. The van der Waals surface area contributed by atoms with E-state index in [2.05, 4.69) is 5.32 Å². The summed E-state index contributed by atoms with van der Waals surface area (Å²) in [6, 6.07) is 5.40. The van der Waals surface area contributed by atoms with E-state index in [1.165, 1.54) is 5.56 Å². The van der Waals surface area contributed by atoms with E-state index in [4.69, 9.17) is 4.74 Å². The van der Waals surface area contributed by atoms with Crippen molar-refractivity contribution >= 4 is 11.9 Å². The predicted octanol–water partition coefficient (Wildman–Crippen LogP) is 1.45. The highest BCUT2D eigenvalue weighted by Crippen LogP contribution is 2.28. The quantitative estimate of drug-likeness (QED) is 0.880. The number of carboxylic acid groups (broad SMARTS) is 1. The van der Waals surface area contributed by atoms with Crippen LogP contribution in [0.4, 0.5) is 0 Å². The molecule has 0 aromatic heterocycles. The highest BCUT2D eigenvalue weighted by Gasteiger charge is 2.47. The van der Waals surface area contributed by atoms with E-state index in [9.17, 15) is 14.7 Å². The van der Waals surface area contributed by atoms with Crippen molar-refractivity contribution in [1.82, 2.24) is 5.32 Å². The number of ether oxygens (including phenoxy) is 1. The van der Waals surface area contributed by atoms with Crippen LogP contribution in [0.25, 0.3) is 0 Å². The van der Waals surface area contributed by atoms with Crippen molar-refractivity contribution < 1.29 is 19.4 Å². The lowest BCUT2D eigenvalue weighted by molar-refractivity contribution is -0.149. The number of hydrogen-bond acceptors (Lipinski definition) is 3. The van der Waals surface area contributed by atoms with Crippen molar-refractivity contribution in [2.75, 3.05) is 13.2 Å². The summed E-state index contributed by atoms with van der Waals surface area (Å²) in [6.07, 6.45) is 0.243. The van der Waals surface area contributed by atoms with Crippen LogP contribution in [0.15, 0.2) is 18.2 Å². The molecule has 0 bridgehead atoms. The Hall–Kier alpha value is -1.88. The lowest BCUT2D eigenvalue weighted by Gasteiger charge is -2.25. The lowest BCUT2D eigenvalue weighted by atomic mass is 9.85. The van der Waals surface area contributed by atoms with Gasteiger partial charge < -0.3 is 15.2 Å². The van der Waals surface area contributed by atoms with Crippen molar-refractivity contribution in [1.29, 1.82) is 0 Å². The van der Waals surface area contributed by atoms with Gasteiger partial charge in [0.05, 0.1) is 25.7 Å². The van der Waals surface area contributed by atoms with Gasteiger partial charge in [-0.1, -0.05) is 18.2 Å². The fourth-order valence-corrected chi connectivity index (χ4v) is 2.43. The highest BCUT2D eigenvalue weighted by molar-refractivity contribution is 5.81. The molecule has 114 valence electrons. The molecule has 2 unspecified atom stereocenters. The number of carbonyl (C=O) groups is 2.